The highest BCUT2D eigenvalue weighted by Crippen LogP contribution is 2.21. The lowest BCUT2D eigenvalue weighted by atomic mass is 10.1. The van der Waals surface area contributed by atoms with Gasteiger partial charge < -0.3 is 5.11 Å². The van der Waals surface area contributed by atoms with Crippen molar-refractivity contribution in [3.63, 3.8) is 0 Å². The van der Waals surface area contributed by atoms with E-state index in [-0.39, 0.29) is 11.9 Å². The van der Waals surface area contributed by atoms with Gasteiger partial charge in [-0.2, -0.15) is 0 Å². The molecule has 0 fully saturated rings. The third-order valence-electron chi connectivity index (χ3n) is 2.99. The molecule has 1 heterocycles. The average molecular weight is 254 g/mol. The van der Waals surface area contributed by atoms with Crippen LogP contribution in [-0.2, 0) is 4.79 Å². The molecule has 100 valence electrons. The Morgan fingerprint density at radius 1 is 1.56 bits per heavy atom. The highest BCUT2D eigenvalue weighted by molar-refractivity contribution is 5.69. The van der Waals surface area contributed by atoms with E-state index < -0.39 is 11.9 Å². The van der Waals surface area contributed by atoms with Crippen molar-refractivity contribution in [3.8, 4) is 0 Å². The largest absolute Gasteiger partial charge is 0.481 e. The summed E-state index contributed by atoms with van der Waals surface area (Å²) in [7, 11) is 1.86. The Bertz CT molecular complexity index is 394. The van der Waals surface area contributed by atoms with Gasteiger partial charge in [0.2, 0.25) is 0 Å². The minimum atomic E-state index is -0.816. The second-order valence-corrected chi connectivity index (χ2v) is 4.50. The van der Waals surface area contributed by atoms with E-state index in [9.17, 15) is 9.18 Å². The van der Waals surface area contributed by atoms with E-state index in [2.05, 4.69) is 4.98 Å². The van der Waals surface area contributed by atoms with Gasteiger partial charge in [-0.05, 0) is 25.6 Å². The van der Waals surface area contributed by atoms with Crippen LogP contribution in [0.4, 0.5) is 4.39 Å². The number of hydrogen-bond donors (Lipinski definition) is 1. The second kappa shape index (κ2) is 6.44. The number of hydrogen-bond acceptors (Lipinski definition) is 3. The van der Waals surface area contributed by atoms with Crippen molar-refractivity contribution in [2.45, 2.75) is 26.3 Å². The van der Waals surface area contributed by atoms with Crippen LogP contribution in [-0.4, -0.2) is 34.6 Å². The summed E-state index contributed by atoms with van der Waals surface area (Å²) in [6.45, 7) is 4.11. The van der Waals surface area contributed by atoms with Gasteiger partial charge >= 0.3 is 5.97 Å². The van der Waals surface area contributed by atoms with Crippen LogP contribution in [0.15, 0.2) is 18.3 Å². The summed E-state index contributed by atoms with van der Waals surface area (Å²) in [5, 5.41) is 8.90. The van der Waals surface area contributed by atoms with Gasteiger partial charge in [0, 0.05) is 6.54 Å². The van der Waals surface area contributed by atoms with Gasteiger partial charge in [0.1, 0.15) is 5.82 Å². The topological polar surface area (TPSA) is 53.4 Å². The molecule has 2 unspecified atom stereocenters. The average Bonchev–Trinajstić information content (AvgIpc) is 2.32. The monoisotopic (exact) mass is 254 g/mol. The van der Waals surface area contributed by atoms with Crippen molar-refractivity contribution in [1.82, 2.24) is 9.88 Å². The zero-order valence-electron chi connectivity index (χ0n) is 10.9. The van der Waals surface area contributed by atoms with Crippen LogP contribution in [0.3, 0.4) is 0 Å². The molecule has 0 spiro atoms. The molecule has 0 saturated heterocycles. The zero-order valence-corrected chi connectivity index (χ0v) is 10.9. The maximum Gasteiger partial charge on any atom is 0.307 e. The molecule has 0 radical (unpaired) electrons. The van der Waals surface area contributed by atoms with Crippen LogP contribution in [0, 0.1) is 11.7 Å². The van der Waals surface area contributed by atoms with E-state index in [0.29, 0.717) is 6.54 Å². The first-order valence-corrected chi connectivity index (χ1v) is 6.00. The molecule has 18 heavy (non-hydrogen) atoms. The Kier molecular flexibility index (Phi) is 5.22. The summed E-state index contributed by atoms with van der Waals surface area (Å²) >= 11 is 0. The maximum absolute atomic E-state index is 12.8. The van der Waals surface area contributed by atoms with Gasteiger partial charge in [-0.3, -0.25) is 14.7 Å². The number of carbonyl (C=O) groups is 1. The van der Waals surface area contributed by atoms with Crippen LogP contribution >= 0.6 is 0 Å². The van der Waals surface area contributed by atoms with Crippen LogP contribution in [0.5, 0.6) is 0 Å². The summed E-state index contributed by atoms with van der Waals surface area (Å²) in [5.41, 5.74) is 0.763. The summed E-state index contributed by atoms with van der Waals surface area (Å²) in [6.07, 6.45) is 1.98. The molecular weight excluding hydrogens is 235 g/mol. The van der Waals surface area contributed by atoms with Gasteiger partial charge in [-0.15, -0.1) is 0 Å². The normalized spacial score (nSPS) is 14.5. The molecule has 1 N–H and O–H groups in total. The minimum absolute atomic E-state index is 0.00685. The van der Waals surface area contributed by atoms with Crippen LogP contribution in [0.2, 0.25) is 0 Å². The SMILES string of the molecule is CCC(c1ccc(F)cn1)N(C)CC(C)C(=O)O. The van der Waals surface area contributed by atoms with Crippen LogP contribution in [0.1, 0.15) is 32.0 Å². The minimum Gasteiger partial charge on any atom is -0.481 e. The van der Waals surface area contributed by atoms with E-state index in [4.69, 9.17) is 5.11 Å². The molecule has 1 aromatic heterocycles. The number of nitrogens with zero attached hydrogens (tertiary/aromatic N) is 2. The first-order chi connectivity index (χ1) is 8.45. The molecule has 5 heteroatoms. The van der Waals surface area contributed by atoms with E-state index in [1.165, 1.54) is 12.3 Å². The number of pyridine rings is 1. The lowest BCUT2D eigenvalue weighted by molar-refractivity contribution is -0.141. The molecule has 0 aliphatic rings. The second-order valence-electron chi connectivity index (χ2n) is 4.50. The third-order valence-corrected chi connectivity index (χ3v) is 2.99. The van der Waals surface area contributed by atoms with Crippen molar-refractivity contribution in [1.29, 1.82) is 0 Å². The zero-order chi connectivity index (χ0) is 13.7. The Morgan fingerprint density at radius 2 is 2.22 bits per heavy atom. The summed E-state index contributed by atoms with van der Waals surface area (Å²) in [5.74, 6) is -1.62. The van der Waals surface area contributed by atoms with E-state index in [0.717, 1.165) is 12.1 Å². The highest BCUT2D eigenvalue weighted by Gasteiger charge is 2.21. The molecular formula is C13H19FN2O2. The molecule has 0 bridgehead atoms. The molecule has 1 rings (SSSR count). The van der Waals surface area contributed by atoms with Gasteiger partial charge in [0.05, 0.1) is 23.9 Å². The first kappa shape index (κ1) is 14.6. The number of halogens is 1. The Labute approximate surface area is 106 Å². The Morgan fingerprint density at radius 3 is 2.67 bits per heavy atom. The molecule has 0 aliphatic heterocycles. The molecule has 2 atom stereocenters. The standard InChI is InChI=1S/C13H19FN2O2/c1-4-12(11-6-5-10(14)7-15-11)16(3)8-9(2)13(17)18/h5-7,9,12H,4,8H2,1-3H3,(H,17,18). The predicted octanol–water partition coefficient (Wildman–Crippen LogP) is 2.32. The number of carboxylic acid groups (broad SMARTS) is 1. The van der Waals surface area contributed by atoms with Gasteiger partial charge in [-0.1, -0.05) is 13.8 Å². The van der Waals surface area contributed by atoms with Crippen molar-refractivity contribution < 1.29 is 14.3 Å². The molecule has 0 aromatic carbocycles. The predicted molar refractivity (Wildman–Crippen MR) is 66.7 cm³/mol. The fourth-order valence-electron chi connectivity index (χ4n) is 1.97. The molecule has 0 saturated carbocycles. The van der Waals surface area contributed by atoms with E-state index >= 15 is 0 Å². The molecule has 0 amide bonds. The summed E-state index contributed by atoms with van der Waals surface area (Å²) in [4.78, 5) is 16.8. The van der Waals surface area contributed by atoms with Gasteiger partial charge in [0.25, 0.3) is 0 Å². The Balaban J connectivity index is 2.76. The summed E-state index contributed by atoms with van der Waals surface area (Å²) in [6, 6.07) is 3.03. The van der Waals surface area contributed by atoms with Crippen molar-refractivity contribution in [2.24, 2.45) is 5.92 Å². The van der Waals surface area contributed by atoms with Crippen LogP contribution < -0.4 is 0 Å². The quantitative estimate of drug-likeness (QED) is 0.846. The van der Waals surface area contributed by atoms with E-state index in [1.54, 1.807) is 13.0 Å². The van der Waals surface area contributed by atoms with Gasteiger partial charge in [-0.25, -0.2) is 4.39 Å². The molecule has 4 nitrogen and oxygen atoms in total. The Hall–Kier alpha value is -1.49. The fraction of sp³-hybridized carbons (Fsp3) is 0.538. The lowest BCUT2D eigenvalue weighted by Crippen LogP contribution is -2.32. The first-order valence-electron chi connectivity index (χ1n) is 6.00. The van der Waals surface area contributed by atoms with E-state index in [1.807, 2.05) is 18.9 Å². The maximum atomic E-state index is 12.8. The number of aromatic nitrogens is 1. The lowest BCUT2D eigenvalue weighted by Gasteiger charge is -2.28. The number of carboxylic acids is 1. The van der Waals surface area contributed by atoms with Gasteiger partial charge in [0.15, 0.2) is 0 Å². The molecule has 0 aliphatic carbocycles. The highest BCUT2D eigenvalue weighted by atomic mass is 19.1. The number of aliphatic carboxylic acids is 1. The summed E-state index contributed by atoms with van der Waals surface area (Å²) < 4.78 is 12.8. The third kappa shape index (κ3) is 3.77. The fourth-order valence-corrected chi connectivity index (χ4v) is 1.97. The smallest absolute Gasteiger partial charge is 0.307 e. The van der Waals surface area contributed by atoms with Crippen LogP contribution in [0.25, 0.3) is 0 Å². The number of rotatable bonds is 6. The van der Waals surface area contributed by atoms with Crippen molar-refractivity contribution in [3.05, 3.63) is 29.8 Å². The van der Waals surface area contributed by atoms with Crippen molar-refractivity contribution >= 4 is 5.97 Å². The van der Waals surface area contributed by atoms with Crippen molar-refractivity contribution in [2.75, 3.05) is 13.6 Å². The molecule has 1 aromatic rings.